The molecule has 1 aromatic carbocycles. The Bertz CT molecular complexity index is 404. The Morgan fingerprint density at radius 1 is 1.28 bits per heavy atom. The molecule has 2 atom stereocenters. The normalized spacial score (nSPS) is 15.3. The maximum atomic E-state index is 12.9. The van der Waals surface area contributed by atoms with Gasteiger partial charge < -0.3 is 14.9 Å². The first-order chi connectivity index (χ1) is 8.21. The maximum Gasteiger partial charge on any atom is 0.417 e. The highest BCUT2D eigenvalue weighted by Gasteiger charge is 2.38. The highest BCUT2D eigenvalue weighted by Crippen LogP contribution is 2.27. The summed E-state index contributed by atoms with van der Waals surface area (Å²) in [4.78, 5) is 0. The lowest BCUT2D eigenvalue weighted by Crippen LogP contribution is -2.34. The summed E-state index contributed by atoms with van der Waals surface area (Å²) in [6.45, 7) is 0.299. The predicted octanol–water partition coefficient (Wildman–Crippen LogP) is 2.18. The lowest BCUT2D eigenvalue weighted by molar-refractivity contribution is -0.210. The molecule has 0 aliphatic carbocycles. The standard InChI is InChI=1S/C11H12F4O3/c1-6(16)8-3-2-7(12)4-9(8)18-5-10(17)11(13,14)15/h2-4,6,10,16-17H,5H2,1H3. The number of halogens is 4. The molecule has 0 heterocycles. The zero-order valence-corrected chi connectivity index (χ0v) is 9.41. The summed E-state index contributed by atoms with van der Waals surface area (Å²) >= 11 is 0. The highest BCUT2D eigenvalue weighted by atomic mass is 19.4. The average molecular weight is 268 g/mol. The van der Waals surface area contributed by atoms with Crippen LogP contribution in [0.3, 0.4) is 0 Å². The van der Waals surface area contributed by atoms with E-state index in [-0.39, 0.29) is 11.3 Å². The molecule has 0 spiro atoms. The second kappa shape index (κ2) is 5.53. The van der Waals surface area contributed by atoms with Gasteiger partial charge in [-0.2, -0.15) is 13.2 Å². The fourth-order valence-corrected chi connectivity index (χ4v) is 1.24. The van der Waals surface area contributed by atoms with Crippen LogP contribution >= 0.6 is 0 Å². The molecular weight excluding hydrogens is 256 g/mol. The Labute approximate surface area is 101 Å². The van der Waals surface area contributed by atoms with Crippen molar-refractivity contribution in [2.45, 2.75) is 25.3 Å². The minimum Gasteiger partial charge on any atom is -0.490 e. The van der Waals surface area contributed by atoms with Crippen LogP contribution in [0.2, 0.25) is 0 Å². The largest absolute Gasteiger partial charge is 0.490 e. The molecule has 0 saturated carbocycles. The smallest absolute Gasteiger partial charge is 0.417 e. The van der Waals surface area contributed by atoms with Crippen molar-refractivity contribution in [3.05, 3.63) is 29.6 Å². The Hall–Kier alpha value is -1.34. The fraction of sp³-hybridized carbons (Fsp3) is 0.455. The number of aliphatic hydroxyl groups is 2. The number of alkyl halides is 3. The van der Waals surface area contributed by atoms with Crippen LogP contribution in [-0.2, 0) is 0 Å². The Morgan fingerprint density at radius 3 is 2.39 bits per heavy atom. The number of aliphatic hydroxyl groups excluding tert-OH is 2. The van der Waals surface area contributed by atoms with Crippen molar-refractivity contribution in [3.63, 3.8) is 0 Å². The second-order valence-corrected chi connectivity index (χ2v) is 3.73. The first kappa shape index (κ1) is 14.7. The van der Waals surface area contributed by atoms with Gasteiger partial charge in [0, 0.05) is 11.6 Å². The molecule has 7 heteroatoms. The van der Waals surface area contributed by atoms with Gasteiger partial charge in [0.1, 0.15) is 18.2 Å². The van der Waals surface area contributed by atoms with E-state index in [1.54, 1.807) is 0 Å². The SMILES string of the molecule is CC(O)c1ccc(F)cc1OCC(O)C(F)(F)F. The summed E-state index contributed by atoms with van der Waals surface area (Å²) < 4.78 is 53.7. The lowest BCUT2D eigenvalue weighted by atomic mass is 10.1. The quantitative estimate of drug-likeness (QED) is 0.823. The molecule has 102 valence electrons. The molecule has 0 aliphatic heterocycles. The van der Waals surface area contributed by atoms with Crippen molar-refractivity contribution >= 4 is 0 Å². The van der Waals surface area contributed by atoms with Crippen molar-refractivity contribution in [2.75, 3.05) is 6.61 Å². The number of hydrogen-bond acceptors (Lipinski definition) is 3. The third-order valence-corrected chi connectivity index (χ3v) is 2.20. The summed E-state index contributed by atoms with van der Waals surface area (Å²) in [6.07, 6.45) is -8.50. The van der Waals surface area contributed by atoms with Crippen molar-refractivity contribution in [2.24, 2.45) is 0 Å². The van der Waals surface area contributed by atoms with Gasteiger partial charge in [-0.25, -0.2) is 4.39 Å². The molecule has 1 rings (SSSR count). The molecule has 0 radical (unpaired) electrons. The molecular formula is C11H12F4O3. The summed E-state index contributed by atoms with van der Waals surface area (Å²) in [7, 11) is 0. The van der Waals surface area contributed by atoms with Crippen molar-refractivity contribution in [1.82, 2.24) is 0 Å². The summed E-state index contributed by atoms with van der Waals surface area (Å²) in [5, 5.41) is 18.1. The molecule has 0 amide bonds. The molecule has 0 bridgehead atoms. The van der Waals surface area contributed by atoms with E-state index in [0.29, 0.717) is 0 Å². The minimum absolute atomic E-state index is 0.144. The van der Waals surface area contributed by atoms with Crippen LogP contribution in [0.5, 0.6) is 5.75 Å². The molecule has 1 aromatic rings. The third-order valence-electron chi connectivity index (χ3n) is 2.20. The second-order valence-electron chi connectivity index (χ2n) is 3.73. The van der Waals surface area contributed by atoms with Gasteiger partial charge in [-0.1, -0.05) is 0 Å². The first-order valence-electron chi connectivity index (χ1n) is 5.07. The van der Waals surface area contributed by atoms with Crippen LogP contribution in [0, 0.1) is 5.82 Å². The van der Waals surface area contributed by atoms with E-state index < -0.39 is 30.8 Å². The molecule has 0 aromatic heterocycles. The minimum atomic E-state index is -4.81. The maximum absolute atomic E-state index is 12.9. The predicted molar refractivity (Wildman–Crippen MR) is 54.6 cm³/mol. The van der Waals surface area contributed by atoms with Crippen molar-refractivity contribution in [3.8, 4) is 5.75 Å². The van der Waals surface area contributed by atoms with Crippen LogP contribution in [0.1, 0.15) is 18.6 Å². The van der Waals surface area contributed by atoms with Crippen LogP contribution in [-0.4, -0.2) is 29.1 Å². The van der Waals surface area contributed by atoms with E-state index in [2.05, 4.69) is 0 Å². The monoisotopic (exact) mass is 268 g/mol. The number of benzene rings is 1. The van der Waals surface area contributed by atoms with Crippen LogP contribution < -0.4 is 4.74 Å². The number of hydrogen-bond donors (Lipinski definition) is 2. The topological polar surface area (TPSA) is 49.7 Å². The average Bonchev–Trinajstić information content (AvgIpc) is 2.24. The third kappa shape index (κ3) is 3.85. The van der Waals surface area contributed by atoms with Crippen LogP contribution in [0.4, 0.5) is 17.6 Å². The van der Waals surface area contributed by atoms with Gasteiger partial charge in [-0.05, 0) is 19.1 Å². The summed E-state index contributed by atoms with van der Waals surface area (Å²) in [5.41, 5.74) is 0.144. The first-order valence-corrected chi connectivity index (χ1v) is 5.07. The molecule has 18 heavy (non-hydrogen) atoms. The zero-order valence-electron chi connectivity index (χ0n) is 9.41. The van der Waals surface area contributed by atoms with E-state index in [9.17, 15) is 22.7 Å². The fourth-order valence-electron chi connectivity index (χ4n) is 1.24. The molecule has 0 saturated heterocycles. The highest BCUT2D eigenvalue weighted by molar-refractivity contribution is 5.35. The Kier molecular flexibility index (Phi) is 4.53. The van der Waals surface area contributed by atoms with E-state index in [1.807, 2.05) is 0 Å². The lowest BCUT2D eigenvalue weighted by Gasteiger charge is -2.18. The van der Waals surface area contributed by atoms with Crippen molar-refractivity contribution < 1.29 is 32.5 Å². The van der Waals surface area contributed by atoms with Gasteiger partial charge in [-0.15, -0.1) is 0 Å². The number of ether oxygens (including phenoxy) is 1. The van der Waals surface area contributed by atoms with Gasteiger partial charge in [0.15, 0.2) is 6.10 Å². The molecule has 0 fully saturated rings. The molecule has 2 unspecified atom stereocenters. The summed E-state index contributed by atoms with van der Waals surface area (Å²) in [6, 6.07) is 3.11. The van der Waals surface area contributed by atoms with E-state index in [1.165, 1.54) is 13.0 Å². The molecule has 0 aliphatic rings. The number of rotatable bonds is 4. The van der Waals surface area contributed by atoms with Gasteiger partial charge in [0.2, 0.25) is 0 Å². The van der Waals surface area contributed by atoms with Gasteiger partial charge in [0.05, 0.1) is 6.10 Å². The van der Waals surface area contributed by atoms with Crippen LogP contribution in [0.15, 0.2) is 18.2 Å². The van der Waals surface area contributed by atoms with E-state index in [4.69, 9.17) is 9.84 Å². The zero-order chi connectivity index (χ0) is 13.9. The Balaban J connectivity index is 2.81. The van der Waals surface area contributed by atoms with E-state index in [0.717, 1.165) is 12.1 Å². The van der Waals surface area contributed by atoms with Gasteiger partial charge in [-0.3, -0.25) is 0 Å². The van der Waals surface area contributed by atoms with Crippen LogP contribution in [0.25, 0.3) is 0 Å². The molecule has 2 N–H and O–H groups in total. The molecule has 3 nitrogen and oxygen atoms in total. The van der Waals surface area contributed by atoms with E-state index >= 15 is 0 Å². The van der Waals surface area contributed by atoms with Gasteiger partial charge in [0.25, 0.3) is 0 Å². The summed E-state index contributed by atoms with van der Waals surface area (Å²) in [5.74, 6) is -0.941. The van der Waals surface area contributed by atoms with Crippen molar-refractivity contribution in [1.29, 1.82) is 0 Å². The Morgan fingerprint density at radius 2 is 1.89 bits per heavy atom. The van der Waals surface area contributed by atoms with Gasteiger partial charge >= 0.3 is 6.18 Å².